The van der Waals surface area contributed by atoms with Gasteiger partial charge in [0.2, 0.25) is 11.8 Å². The number of amides is 2. The average Bonchev–Trinajstić information content (AvgIpc) is 3.07. The molecular weight excluding hydrogens is 424 g/mol. The molecule has 13 heteroatoms. The van der Waals surface area contributed by atoms with E-state index >= 15 is 0 Å². The van der Waals surface area contributed by atoms with Crippen LogP contribution < -0.4 is 10.6 Å². The zero-order valence-electron chi connectivity index (χ0n) is 16.9. The Morgan fingerprint density at radius 1 is 1.32 bits per heavy atom. The lowest BCUT2D eigenvalue weighted by molar-refractivity contribution is -0.159. The third-order valence-corrected chi connectivity index (χ3v) is 5.19. The summed E-state index contributed by atoms with van der Waals surface area (Å²) in [5, 5.41) is 18.0. The van der Waals surface area contributed by atoms with Crippen LogP contribution in [0.2, 0.25) is 0 Å². The van der Waals surface area contributed by atoms with Gasteiger partial charge < -0.3 is 20.1 Å². The predicted octanol–water partition coefficient (Wildman–Crippen LogP) is 1.28. The van der Waals surface area contributed by atoms with Crippen molar-refractivity contribution < 1.29 is 31.7 Å². The second-order valence-electron chi connectivity index (χ2n) is 8.41. The van der Waals surface area contributed by atoms with Crippen LogP contribution in [0.1, 0.15) is 50.7 Å². The first kappa shape index (κ1) is 22.9. The van der Waals surface area contributed by atoms with Gasteiger partial charge in [-0.05, 0) is 20.3 Å². The van der Waals surface area contributed by atoms with E-state index in [2.05, 4.69) is 25.3 Å². The van der Waals surface area contributed by atoms with Crippen LogP contribution >= 0.6 is 0 Å². The second kappa shape index (κ2) is 8.41. The Bertz CT molecular complexity index is 880. The van der Waals surface area contributed by atoms with Gasteiger partial charge >= 0.3 is 12.1 Å². The first-order valence-electron chi connectivity index (χ1n) is 9.68. The van der Waals surface area contributed by atoms with Gasteiger partial charge in [0.15, 0.2) is 5.82 Å². The van der Waals surface area contributed by atoms with Gasteiger partial charge in [0, 0.05) is 30.3 Å². The number of nitriles is 1. The lowest BCUT2D eigenvalue weighted by atomic mass is 10.00. The molecule has 1 aromatic heterocycles. The molecule has 2 fully saturated rings. The van der Waals surface area contributed by atoms with E-state index in [1.807, 2.05) is 6.07 Å². The van der Waals surface area contributed by atoms with E-state index < -0.39 is 47.7 Å². The molecule has 2 N–H and O–H groups in total. The summed E-state index contributed by atoms with van der Waals surface area (Å²) < 4.78 is 55.3. The number of aromatic nitrogens is 2. The lowest BCUT2D eigenvalue weighted by Gasteiger charge is -2.27. The number of halogens is 4. The lowest BCUT2D eigenvalue weighted by Crippen LogP contribution is -2.49. The summed E-state index contributed by atoms with van der Waals surface area (Å²) in [6.07, 6.45) is -5.59. The second-order valence-corrected chi connectivity index (χ2v) is 8.41. The minimum absolute atomic E-state index is 0.0125. The molecule has 3 rings (SSSR count). The van der Waals surface area contributed by atoms with Crippen LogP contribution in [0.15, 0.2) is 4.52 Å². The zero-order chi connectivity index (χ0) is 23.0. The summed E-state index contributed by atoms with van der Waals surface area (Å²) in [4.78, 5) is 29.1. The van der Waals surface area contributed by atoms with Crippen molar-refractivity contribution in [2.45, 2.75) is 69.0 Å². The third-order valence-electron chi connectivity index (χ3n) is 5.19. The maximum Gasteiger partial charge on any atom is 0.471 e. The van der Waals surface area contributed by atoms with Crippen LogP contribution in [0.3, 0.4) is 0 Å². The topological polar surface area (TPSA) is 124 Å². The monoisotopic (exact) mass is 446 g/mol. The van der Waals surface area contributed by atoms with Crippen molar-refractivity contribution in [1.82, 2.24) is 25.7 Å². The van der Waals surface area contributed by atoms with Crippen LogP contribution in [0, 0.1) is 11.3 Å². The Kier molecular flexibility index (Phi) is 6.22. The van der Waals surface area contributed by atoms with Gasteiger partial charge in [0.25, 0.3) is 0 Å². The minimum Gasteiger partial charge on any atom is -0.353 e. The fourth-order valence-electron chi connectivity index (χ4n) is 3.46. The normalized spacial score (nSPS) is 25.9. The van der Waals surface area contributed by atoms with Crippen molar-refractivity contribution in [1.29, 1.82) is 5.26 Å². The van der Waals surface area contributed by atoms with Gasteiger partial charge in [0.1, 0.15) is 12.2 Å². The molecule has 1 aliphatic heterocycles. The summed E-state index contributed by atoms with van der Waals surface area (Å²) in [5.74, 6) is -2.78. The van der Waals surface area contributed by atoms with E-state index in [0.717, 1.165) is 0 Å². The largest absolute Gasteiger partial charge is 0.471 e. The minimum atomic E-state index is -4.72. The highest BCUT2D eigenvalue weighted by Crippen LogP contribution is 2.40. The molecule has 4 atom stereocenters. The first-order valence-corrected chi connectivity index (χ1v) is 9.68. The highest BCUT2D eigenvalue weighted by molar-refractivity contribution is 5.80. The molecule has 31 heavy (non-hydrogen) atoms. The van der Waals surface area contributed by atoms with Crippen molar-refractivity contribution >= 4 is 11.8 Å². The van der Waals surface area contributed by atoms with Gasteiger partial charge in [-0.25, -0.2) is 4.39 Å². The van der Waals surface area contributed by atoms with E-state index in [0.29, 0.717) is 6.42 Å². The van der Waals surface area contributed by atoms with E-state index in [-0.39, 0.29) is 37.7 Å². The van der Waals surface area contributed by atoms with Crippen LogP contribution in [-0.4, -0.2) is 63.7 Å². The Balaban J connectivity index is 1.44. The molecule has 1 aromatic rings. The van der Waals surface area contributed by atoms with E-state index in [1.165, 1.54) is 4.90 Å². The van der Waals surface area contributed by atoms with Gasteiger partial charge in [-0.1, -0.05) is 5.16 Å². The summed E-state index contributed by atoms with van der Waals surface area (Å²) in [6.45, 7) is 3.10. The molecule has 1 saturated heterocycles. The highest BCUT2D eigenvalue weighted by atomic mass is 19.4. The third kappa shape index (κ3) is 5.69. The fraction of sp³-hybridized carbons (Fsp3) is 0.722. The van der Waals surface area contributed by atoms with Gasteiger partial charge in [-0.3, -0.25) is 9.59 Å². The van der Waals surface area contributed by atoms with Crippen molar-refractivity contribution in [3.8, 4) is 6.07 Å². The summed E-state index contributed by atoms with van der Waals surface area (Å²) in [6, 6.07) is 0.707. The number of hydrogen-bond acceptors (Lipinski definition) is 7. The van der Waals surface area contributed by atoms with Crippen LogP contribution in [0.5, 0.6) is 0 Å². The number of rotatable bonds is 7. The number of likely N-dealkylation sites (tertiary alicyclic amines) is 1. The number of carbonyl (C=O) groups excluding carboxylic acids is 2. The number of hydrogen-bond donors (Lipinski definition) is 2. The first-order chi connectivity index (χ1) is 14.4. The number of nitrogens with zero attached hydrogens (tertiary/aromatic N) is 4. The number of carbonyl (C=O) groups is 2. The molecule has 2 heterocycles. The Morgan fingerprint density at radius 3 is 2.65 bits per heavy atom. The van der Waals surface area contributed by atoms with Crippen molar-refractivity contribution in [3.05, 3.63) is 11.7 Å². The molecular formula is C18H22F4N6O3. The van der Waals surface area contributed by atoms with E-state index in [4.69, 9.17) is 5.26 Å². The Morgan fingerprint density at radius 2 is 2.03 bits per heavy atom. The molecule has 0 unspecified atom stereocenters. The molecule has 2 aliphatic rings. The summed E-state index contributed by atoms with van der Waals surface area (Å²) in [7, 11) is 0. The zero-order valence-corrected chi connectivity index (χ0v) is 16.9. The molecule has 2 amide bonds. The van der Waals surface area contributed by atoms with Crippen LogP contribution in [-0.2, 0) is 15.8 Å². The quantitative estimate of drug-likeness (QED) is 0.605. The molecule has 1 aliphatic carbocycles. The van der Waals surface area contributed by atoms with Gasteiger partial charge in [-0.15, -0.1) is 0 Å². The van der Waals surface area contributed by atoms with E-state index in [1.54, 1.807) is 13.8 Å². The Labute approximate surface area is 175 Å². The van der Waals surface area contributed by atoms with Gasteiger partial charge in [0.05, 0.1) is 19.2 Å². The van der Waals surface area contributed by atoms with Crippen molar-refractivity contribution in [2.24, 2.45) is 0 Å². The molecule has 9 nitrogen and oxygen atoms in total. The average molecular weight is 446 g/mol. The molecule has 170 valence electrons. The summed E-state index contributed by atoms with van der Waals surface area (Å²) in [5.41, 5.74) is -0.795. The van der Waals surface area contributed by atoms with Crippen molar-refractivity contribution in [3.63, 3.8) is 0 Å². The molecule has 0 bridgehead atoms. The predicted molar refractivity (Wildman–Crippen MR) is 95.9 cm³/mol. The SMILES string of the molecule is CC(C)(CC(=O)N[C@H]1C[C@@H]1c1noc(C(F)(F)F)n1)NCC(=O)N1C[C@@H](F)C[C@H]1C#N. The number of nitrogens with one attached hydrogen (secondary N) is 2. The van der Waals surface area contributed by atoms with Crippen molar-refractivity contribution in [2.75, 3.05) is 13.1 Å². The maximum absolute atomic E-state index is 13.5. The molecule has 0 aromatic carbocycles. The molecule has 0 radical (unpaired) electrons. The molecule has 1 saturated carbocycles. The fourth-order valence-corrected chi connectivity index (χ4v) is 3.46. The van der Waals surface area contributed by atoms with Crippen LogP contribution in [0.25, 0.3) is 0 Å². The summed E-state index contributed by atoms with van der Waals surface area (Å²) >= 11 is 0. The van der Waals surface area contributed by atoms with E-state index in [9.17, 15) is 27.2 Å². The maximum atomic E-state index is 13.5. The van der Waals surface area contributed by atoms with Crippen LogP contribution in [0.4, 0.5) is 17.6 Å². The smallest absolute Gasteiger partial charge is 0.353 e. The van der Waals surface area contributed by atoms with Gasteiger partial charge in [-0.2, -0.15) is 23.4 Å². The highest BCUT2D eigenvalue weighted by Gasteiger charge is 2.46. The Hall–Kier alpha value is -2.75. The number of alkyl halides is 4. The standard InChI is InChI=1S/C18H22F4N6O3/c1-17(2,24-7-14(30)28-8-9(19)3-10(28)6-23)5-13(29)25-12-4-11(12)15-26-16(31-27-15)18(20,21)22/h9-12,24H,3-5,7-8H2,1-2H3,(H,25,29)/t9-,10-,11-,12-/m0/s1. The molecule has 0 spiro atoms.